The molecular weight excluding hydrogens is 186 g/mol. The smallest absolute Gasteiger partial charge is 0.0752 e. The lowest BCUT2D eigenvalue weighted by molar-refractivity contribution is 0.330. The summed E-state index contributed by atoms with van der Waals surface area (Å²) in [5, 5.41) is 0. The first-order valence-corrected chi connectivity index (χ1v) is 6.67. The van der Waals surface area contributed by atoms with Gasteiger partial charge < -0.3 is 4.90 Å². The summed E-state index contributed by atoms with van der Waals surface area (Å²) in [6.45, 7) is 3.65. The quantitative estimate of drug-likeness (QED) is 0.594. The van der Waals surface area contributed by atoms with Crippen molar-refractivity contribution in [3.8, 4) is 0 Å². The summed E-state index contributed by atoms with van der Waals surface area (Å²) in [6, 6.07) is 0.795. The first kappa shape index (κ1) is 9.22. The number of thioether (sulfide) groups is 2. The number of likely N-dealkylation sites (tertiary alicyclic amines) is 1. The summed E-state index contributed by atoms with van der Waals surface area (Å²) >= 11 is 4.40. The third-order valence-electron chi connectivity index (χ3n) is 2.87. The Balaban J connectivity index is 2.02. The molecule has 0 aromatic heterocycles. The molecule has 0 radical (unpaired) electrons. The fourth-order valence-electron chi connectivity index (χ4n) is 2.03. The van der Waals surface area contributed by atoms with Crippen molar-refractivity contribution in [2.24, 2.45) is 0 Å². The summed E-state index contributed by atoms with van der Waals surface area (Å²) in [7, 11) is 2.26. The Bertz CT molecular complexity index is 154. The van der Waals surface area contributed by atoms with Gasteiger partial charge in [-0.1, -0.05) is 0 Å². The van der Waals surface area contributed by atoms with Gasteiger partial charge in [0.25, 0.3) is 0 Å². The van der Waals surface area contributed by atoms with Gasteiger partial charge in [0.1, 0.15) is 0 Å². The number of rotatable bonds is 0. The van der Waals surface area contributed by atoms with Gasteiger partial charge in [-0.25, -0.2) is 0 Å². The Labute approximate surface area is 83.7 Å². The van der Waals surface area contributed by atoms with Crippen molar-refractivity contribution < 1.29 is 0 Å². The van der Waals surface area contributed by atoms with Crippen LogP contribution in [-0.4, -0.2) is 40.1 Å². The van der Waals surface area contributed by atoms with Crippen molar-refractivity contribution in [1.82, 2.24) is 4.90 Å². The topological polar surface area (TPSA) is 3.24 Å². The molecule has 2 saturated heterocycles. The molecule has 0 amide bonds. The molecule has 2 rings (SSSR count). The second-order valence-corrected chi connectivity index (χ2v) is 7.14. The number of hydrogen-bond acceptors (Lipinski definition) is 3. The molecule has 1 spiro atoms. The largest absolute Gasteiger partial charge is 0.301 e. The predicted octanol–water partition coefficient (Wildman–Crippen LogP) is 2.28. The van der Waals surface area contributed by atoms with Crippen LogP contribution in [0.1, 0.15) is 19.8 Å². The van der Waals surface area contributed by atoms with Crippen molar-refractivity contribution >= 4 is 23.5 Å². The lowest BCUT2D eigenvalue weighted by atomic mass is 10.2. The van der Waals surface area contributed by atoms with E-state index in [1.165, 1.54) is 30.9 Å². The summed E-state index contributed by atoms with van der Waals surface area (Å²) in [4.78, 5) is 2.51. The molecule has 0 aromatic carbocycles. The molecule has 0 unspecified atom stereocenters. The summed E-state index contributed by atoms with van der Waals surface area (Å²) in [6.07, 6.45) is 2.80. The molecule has 2 aliphatic heterocycles. The zero-order valence-electron chi connectivity index (χ0n) is 7.88. The third-order valence-corrected chi connectivity index (χ3v) is 6.20. The molecular formula is C9H17NS2. The maximum atomic E-state index is 2.51. The van der Waals surface area contributed by atoms with E-state index in [0.29, 0.717) is 4.08 Å². The molecule has 2 heterocycles. The van der Waals surface area contributed by atoms with Crippen molar-refractivity contribution in [1.29, 1.82) is 0 Å². The Morgan fingerprint density at radius 2 is 2.00 bits per heavy atom. The molecule has 0 aliphatic carbocycles. The van der Waals surface area contributed by atoms with E-state index in [-0.39, 0.29) is 0 Å². The van der Waals surface area contributed by atoms with Crippen LogP contribution in [0.15, 0.2) is 0 Å². The molecule has 12 heavy (non-hydrogen) atoms. The van der Waals surface area contributed by atoms with E-state index in [1.54, 1.807) is 0 Å². The van der Waals surface area contributed by atoms with E-state index < -0.39 is 0 Å². The molecule has 3 heteroatoms. The molecule has 0 aromatic rings. The molecule has 0 saturated carbocycles. The first-order valence-electron chi connectivity index (χ1n) is 4.70. The Kier molecular flexibility index (Phi) is 2.64. The van der Waals surface area contributed by atoms with Gasteiger partial charge in [-0.3, -0.25) is 0 Å². The summed E-state index contributed by atoms with van der Waals surface area (Å²) < 4.78 is 0.576. The van der Waals surface area contributed by atoms with Gasteiger partial charge in [0.2, 0.25) is 0 Å². The minimum absolute atomic E-state index is 0.576. The number of hydrogen-bond donors (Lipinski definition) is 0. The number of nitrogens with zero attached hydrogens (tertiary/aromatic N) is 1. The SMILES string of the molecule is C[C@@H]1CC2(CN1C)SCCCS2. The fourth-order valence-corrected chi connectivity index (χ4v) is 5.68. The lowest BCUT2D eigenvalue weighted by Crippen LogP contribution is -2.28. The second kappa shape index (κ2) is 3.43. The molecule has 1 nitrogen and oxygen atoms in total. The van der Waals surface area contributed by atoms with Gasteiger partial charge in [0, 0.05) is 12.6 Å². The van der Waals surface area contributed by atoms with E-state index in [0.717, 1.165) is 6.04 Å². The van der Waals surface area contributed by atoms with Crippen molar-refractivity contribution in [2.45, 2.75) is 29.9 Å². The molecule has 0 N–H and O–H groups in total. The Morgan fingerprint density at radius 1 is 1.33 bits per heavy atom. The van der Waals surface area contributed by atoms with Gasteiger partial charge >= 0.3 is 0 Å². The van der Waals surface area contributed by atoms with E-state index in [1.807, 2.05) is 0 Å². The molecule has 70 valence electrons. The highest BCUT2D eigenvalue weighted by atomic mass is 32.2. The molecule has 0 bridgehead atoms. The van der Waals surface area contributed by atoms with E-state index in [4.69, 9.17) is 0 Å². The van der Waals surface area contributed by atoms with Gasteiger partial charge in [-0.05, 0) is 38.3 Å². The maximum Gasteiger partial charge on any atom is 0.0752 e. The average molecular weight is 203 g/mol. The average Bonchev–Trinajstić information content (AvgIpc) is 2.29. The highest BCUT2D eigenvalue weighted by Crippen LogP contribution is 2.49. The lowest BCUT2D eigenvalue weighted by Gasteiger charge is -2.31. The van der Waals surface area contributed by atoms with Gasteiger partial charge in [-0.2, -0.15) is 0 Å². The molecule has 2 fully saturated rings. The molecule has 1 atom stereocenters. The first-order chi connectivity index (χ1) is 5.72. The van der Waals surface area contributed by atoms with Crippen LogP contribution >= 0.6 is 23.5 Å². The van der Waals surface area contributed by atoms with Gasteiger partial charge in [0.15, 0.2) is 0 Å². The van der Waals surface area contributed by atoms with E-state index >= 15 is 0 Å². The van der Waals surface area contributed by atoms with Gasteiger partial charge in [-0.15, -0.1) is 23.5 Å². The Hall–Kier alpha value is 0.660. The second-order valence-electron chi connectivity index (χ2n) is 3.93. The highest BCUT2D eigenvalue weighted by molar-refractivity contribution is 8.18. The van der Waals surface area contributed by atoms with Crippen LogP contribution < -0.4 is 0 Å². The minimum atomic E-state index is 0.576. The van der Waals surface area contributed by atoms with Crippen LogP contribution in [-0.2, 0) is 0 Å². The van der Waals surface area contributed by atoms with Crippen LogP contribution in [0.2, 0.25) is 0 Å². The van der Waals surface area contributed by atoms with Crippen LogP contribution in [0.25, 0.3) is 0 Å². The zero-order valence-corrected chi connectivity index (χ0v) is 9.51. The normalized spacial score (nSPS) is 36.0. The van der Waals surface area contributed by atoms with Crippen molar-refractivity contribution in [2.75, 3.05) is 25.1 Å². The highest BCUT2D eigenvalue weighted by Gasteiger charge is 2.42. The van der Waals surface area contributed by atoms with Crippen LogP contribution in [0.5, 0.6) is 0 Å². The monoisotopic (exact) mass is 203 g/mol. The Morgan fingerprint density at radius 3 is 2.50 bits per heavy atom. The van der Waals surface area contributed by atoms with E-state index in [9.17, 15) is 0 Å². The zero-order chi connectivity index (χ0) is 8.60. The predicted molar refractivity (Wildman–Crippen MR) is 59.0 cm³/mol. The van der Waals surface area contributed by atoms with Gasteiger partial charge in [0.05, 0.1) is 4.08 Å². The standard InChI is InChI=1S/C9H17NS2/c1-8-6-9(7-10(8)2)11-4-3-5-12-9/h8H,3-7H2,1-2H3/t8-/m1/s1. The van der Waals surface area contributed by atoms with E-state index in [2.05, 4.69) is 42.4 Å². The van der Waals surface area contributed by atoms with Crippen LogP contribution in [0.3, 0.4) is 0 Å². The molecule has 2 aliphatic rings. The summed E-state index contributed by atoms with van der Waals surface area (Å²) in [5.41, 5.74) is 0. The van der Waals surface area contributed by atoms with Crippen LogP contribution in [0, 0.1) is 0 Å². The minimum Gasteiger partial charge on any atom is -0.301 e. The van der Waals surface area contributed by atoms with Crippen molar-refractivity contribution in [3.63, 3.8) is 0 Å². The summed E-state index contributed by atoms with van der Waals surface area (Å²) in [5.74, 6) is 2.76. The maximum absolute atomic E-state index is 2.51. The fraction of sp³-hybridized carbons (Fsp3) is 1.00. The third kappa shape index (κ3) is 1.64. The van der Waals surface area contributed by atoms with Crippen LogP contribution in [0.4, 0.5) is 0 Å². The van der Waals surface area contributed by atoms with Crippen molar-refractivity contribution in [3.05, 3.63) is 0 Å².